The van der Waals surface area contributed by atoms with E-state index in [-0.39, 0.29) is 34.9 Å². The van der Waals surface area contributed by atoms with E-state index < -0.39 is 21.6 Å². The van der Waals surface area contributed by atoms with E-state index in [1.54, 1.807) is 19.9 Å². The first kappa shape index (κ1) is 29.9. The van der Waals surface area contributed by atoms with Crippen molar-refractivity contribution >= 4 is 21.9 Å². The molecule has 1 spiro atoms. The van der Waals surface area contributed by atoms with Crippen molar-refractivity contribution in [1.82, 2.24) is 15.3 Å². The van der Waals surface area contributed by atoms with Gasteiger partial charge in [-0.05, 0) is 94.5 Å². The predicted molar refractivity (Wildman–Crippen MR) is 159 cm³/mol. The van der Waals surface area contributed by atoms with Gasteiger partial charge in [0.25, 0.3) is 10.0 Å². The number of nitrogens with zero attached hydrogens (tertiary/aromatic N) is 2. The summed E-state index contributed by atoms with van der Waals surface area (Å²) < 4.78 is 35.1. The van der Waals surface area contributed by atoms with E-state index in [4.69, 9.17) is 4.74 Å². The van der Waals surface area contributed by atoms with E-state index in [1.807, 2.05) is 32.0 Å². The first-order valence-corrected chi connectivity index (χ1v) is 15.6. The minimum absolute atomic E-state index is 0.149. The molecule has 224 valence electrons. The van der Waals surface area contributed by atoms with Gasteiger partial charge in [-0.1, -0.05) is 24.3 Å². The Balaban J connectivity index is 1.43. The molecule has 2 saturated carbocycles. The summed E-state index contributed by atoms with van der Waals surface area (Å²) in [6.45, 7) is 7.63. The number of carbonyl (C=O) groups is 1. The van der Waals surface area contributed by atoms with Crippen LogP contribution < -0.4 is 14.8 Å². The van der Waals surface area contributed by atoms with Crippen LogP contribution in [0.5, 0.6) is 5.88 Å². The molecule has 1 atom stereocenters. The number of anilines is 1. The van der Waals surface area contributed by atoms with Crippen molar-refractivity contribution < 1.29 is 28.2 Å². The molecule has 0 saturated heterocycles. The van der Waals surface area contributed by atoms with Gasteiger partial charge >= 0.3 is 5.97 Å². The second-order valence-electron chi connectivity index (χ2n) is 12.4. The zero-order chi connectivity index (χ0) is 30.3. The Morgan fingerprint density at radius 3 is 2.38 bits per heavy atom. The van der Waals surface area contributed by atoms with E-state index in [9.17, 15) is 23.4 Å². The molecule has 1 heterocycles. The molecule has 5 rings (SSSR count). The quantitative estimate of drug-likeness (QED) is 0.234. The third-order valence-corrected chi connectivity index (χ3v) is 9.35. The number of benzene rings is 2. The summed E-state index contributed by atoms with van der Waals surface area (Å²) in [5.74, 6) is -1.26. The van der Waals surface area contributed by atoms with Crippen molar-refractivity contribution in [2.45, 2.75) is 82.4 Å². The molecule has 42 heavy (non-hydrogen) atoms. The number of carboxylic acids is 1. The molecule has 11 heteroatoms. The molecule has 4 N–H and O–H groups in total. The van der Waals surface area contributed by atoms with Crippen LogP contribution in [0.1, 0.15) is 67.4 Å². The highest BCUT2D eigenvalue weighted by atomic mass is 32.2. The largest absolute Gasteiger partial charge is 0.478 e. The number of hydrogen-bond acceptors (Lipinski definition) is 8. The molecular formula is C31H38N4O6S. The third kappa shape index (κ3) is 7.08. The van der Waals surface area contributed by atoms with E-state index in [2.05, 4.69) is 20.0 Å². The van der Waals surface area contributed by atoms with Crippen molar-refractivity contribution in [1.29, 1.82) is 0 Å². The molecule has 2 aromatic carbocycles. The summed E-state index contributed by atoms with van der Waals surface area (Å²) in [5, 5.41) is 23.5. The Bertz CT molecular complexity index is 1570. The van der Waals surface area contributed by atoms with Gasteiger partial charge in [0.05, 0.1) is 21.8 Å². The van der Waals surface area contributed by atoms with Crippen molar-refractivity contribution in [3.8, 4) is 17.1 Å². The fourth-order valence-corrected chi connectivity index (χ4v) is 6.83. The normalized spacial score (nSPS) is 17.0. The smallest absolute Gasteiger partial charge is 0.335 e. The number of aliphatic hydroxyl groups is 1. The average molecular weight is 595 g/mol. The number of aryl methyl sites for hydroxylation is 2. The minimum atomic E-state index is -4.22. The Kier molecular flexibility index (Phi) is 8.04. The summed E-state index contributed by atoms with van der Waals surface area (Å²) in [5.41, 5.74) is 2.66. The lowest BCUT2D eigenvalue weighted by Gasteiger charge is -2.40. The predicted octanol–water partition coefficient (Wildman–Crippen LogP) is 4.70. The van der Waals surface area contributed by atoms with Gasteiger partial charge in [-0.25, -0.2) is 22.9 Å². The van der Waals surface area contributed by atoms with Crippen LogP contribution >= 0.6 is 0 Å². The molecule has 0 bridgehead atoms. The summed E-state index contributed by atoms with van der Waals surface area (Å²) in [4.78, 5) is 20.1. The van der Waals surface area contributed by atoms with Gasteiger partial charge in [0.1, 0.15) is 6.61 Å². The maximum absolute atomic E-state index is 13.2. The number of ether oxygens (including phenoxy) is 1. The zero-order valence-corrected chi connectivity index (χ0v) is 25.2. The topological polar surface area (TPSA) is 151 Å². The summed E-state index contributed by atoms with van der Waals surface area (Å²) in [6, 6.07) is 12.8. The first-order chi connectivity index (χ1) is 19.7. The highest BCUT2D eigenvalue weighted by Crippen LogP contribution is 2.60. The van der Waals surface area contributed by atoms with E-state index in [0.29, 0.717) is 23.6 Å². The number of aromatic carboxylic acids is 1. The Morgan fingerprint density at radius 1 is 1.10 bits per heavy atom. The van der Waals surface area contributed by atoms with Gasteiger partial charge in [-0.2, -0.15) is 4.98 Å². The van der Waals surface area contributed by atoms with Crippen LogP contribution in [-0.2, 0) is 10.0 Å². The number of carboxylic acid groups (broad SMARTS) is 1. The minimum Gasteiger partial charge on any atom is -0.478 e. The zero-order valence-electron chi connectivity index (χ0n) is 24.3. The van der Waals surface area contributed by atoms with E-state index in [1.165, 1.54) is 31.0 Å². The Hall–Kier alpha value is -3.54. The van der Waals surface area contributed by atoms with Crippen LogP contribution in [-0.4, -0.2) is 58.9 Å². The number of nitrogens with one attached hydrogen (secondary N) is 2. The third-order valence-electron chi connectivity index (χ3n) is 8.02. The van der Waals surface area contributed by atoms with Crippen LogP contribution in [0, 0.1) is 19.3 Å². The van der Waals surface area contributed by atoms with Crippen molar-refractivity contribution in [3.05, 3.63) is 65.2 Å². The summed E-state index contributed by atoms with van der Waals surface area (Å²) in [6.07, 6.45) is 5.31. The lowest BCUT2D eigenvalue weighted by Crippen LogP contribution is -2.51. The maximum atomic E-state index is 13.2. The van der Waals surface area contributed by atoms with Gasteiger partial charge in [-0.3, -0.25) is 0 Å². The molecule has 2 aliphatic rings. The molecule has 2 aliphatic carbocycles. The van der Waals surface area contributed by atoms with Gasteiger partial charge in [0, 0.05) is 23.7 Å². The Morgan fingerprint density at radius 2 is 1.76 bits per heavy atom. The first-order valence-electron chi connectivity index (χ1n) is 14.2. The molecule has 0 aliphatic heterocycles. The van der Waals surface area contributed by atoms with Crippen LogP contribution in [0.2, 0.25) is 0 Å². The fraction of sp³-hybridized carbons (Fsp3) is 0.452. The molecule has 10 nitrogen and oxygen atoms in total. The fourth-order valence-electron chi connectivity index (χ4n) is 5.84. The van der Waals surface area contributed by atoms with Crippen LogP contribution in [0.25, 0.3) is 11.3 Å². The van der Waals surface area contributed by atoms with Gasteiger partial charge in [-0.15, -0.1) is 0 Å². The van der Waals surface area contributed by atoms with Crippen molar-refractivity contribution in [3.63, 3.8) is 0 Å². The summed E-state index contributed by atoms with van der Waals surface area (Å²) in [7, 11) is -4.22. The molecule has 0 amide bonds. The van der Waals surface area contributed by atoms with Crippen LogP contribution in [0.4, 0.5) is 5.95 Å². The van der Waals surface area contributed by atoms with E-state index in [0.717, 1.165) is 35.6 Å². The van der Waals surface area contributed by atoms with Gasteiger partial charge < -0.3 is 20.3 Å². The van der Waals surface area contributed by atoms with Crippen molar-refractivity contribution in [2.75, 3.05) is 11.3 Å². The second-order valence-corrected chi connectivity index (χ2v) is 14.1. The molecule has 1 aromatic heterocycles. The number of aromatic nitrogens is 2. The monoisotopic (exact) mass is 594 g/mol. The molecule has 1 unspecified atom stereocenters. The lowest BCUT2D eigenvalue weighted by atomic mass is 9.76. The van der Waals surface area contributed by atoms with Crippen molar-refractivity contribution in [2.24, 2.45) is 5.41 Å². The average Bonchev–Trinajstić information content (AvgIpc) is 3.67. The maximum Gasteiger partial charge on any atom is 0.335 e. The second kappa shape index (κ2) is 11.3. The molecule has 0 radical (unpaired) electrons. The van der Waals surface area contributed by atoms with Crippen LogP contribution in [0.3, 0.4) is 0 Å². The van der Waals surface area contributed by atoms with E-state index >= 15 is 0 Å². The SMILES string of the molecule is Cc1cccc(C)c1-c1cc(OCC(CC(C)(C)O)NC2CC3(CC3)C2)nc(NS(=O)(=O)c2cccc(C(=O)O)c2)n1. The number of sulfonamides is 1. The summed E-state index contributed by atoms with van der Waals surface area (Å²) >= 11 is 0. The highest BCUT2D eigenvalue weighted by molar-refractivity contribution is 7.92. The number of hydrogen-bond donors (Lipinski definition) is 4. The Labute approximate surface area is 246 Å². The molecule has 3 aromatic rings. The van der Waals surface area contributed by atoms with Gasteiger partial charge in [0.2, 0.25) is 11.8 Å². The van der Waals surface area contributed by atoms with Crippen LogP contribution in [0.15, 0.2) is 53.4 Å². The molecule has 2 fully saturated rings. The van der Waals surface area contributed by atoms with Gasteiger partial charge in [0.15, 0.2) is 0 Å². The lowest BCUT2D eigenvalue weighted by molar-refractivity contribution is 0.0429. The number of rotatable bonds is 12. The highest BCUT2D eigenvalue weighted by Gasteiger charge is 2.53. The molecular weight excluding hydrogens is 556 g/mol. The standard InChI is InChI=1S/C31H38N4O6S/c1-19-7-5-8-20(2)27(19)25-14-26(41-18-23(15-30(3,4)38)32-22-16-31(17-22)11-12-31)34-29(33-25)35-42(39,40)24-10-6-9-21(13-24)28(36)37/h5-10,13-14,22-23,32,38H,11-12,15-18H2,1-4H3,(H,36,37)(H,33,34,35).